The van der Waals surface area contributed by atoms with Gasteiger partial charge in [-0.1, -0.05) is 12.1 Å². The maximum atomic E-state index is 13.8. The number of benzene rings is 1. The molecular weight excluding hydrogens is 295 g/mol. The molecule has 1 aromatic carbocycles. The number of aryl methyl sites for hydroxylation is 1. The van der Waals surface area contributed by atoms with Crippen molar-refractivity contribution in [2.75, 3.05) is 26.2 Å². The molecule has 23 heavy (non-hydrogen) atoms. The first kappa shape index (κ1) is 15.7. The molecule has 0 saturated carbocycles. The van der Waals surface area contributed by atoms with Crippen LogP contribution in [0.5, 0.6) is 0 Å². The molecule has 0 bridgehead atoms. The summed E-state index contributed by atoms with van der Waals surface area (Å²) in [5.74, 6) is 1.06. The van der Waals surface area contributed by atoms with Gasteiger partial charge in [-0.2, -0.15) is 0 Å². The first-order chi connectivity index (χ1) is 11.2. The molecule has 1 aromatic heterocycles. The minimum Gasteiger partial charge on any atom is -0.461 e. The number of nitrogens with zero attached hydrogens (tertiary/aromatic N) is 1. The van der Waals surface area contributed by atoms with E-state index in [-0.39, 0.29) is 11.7 Å². The van der Waals surface area contributed by atoms with Crippen molar-refractivity contribution in [3.05, 3.63) is 48.0 Å². The Kier molecular flexibility index (Phi) is 5.08. The van der Waals surface area contributed by atoms with Crippen LogP contribution in [0.1, 0.15) is 18.6 Å². The van der Waals surface area contributed by atoms with Crippen molar-refractivity contribution in [2.24, 2.45) is 0 Å². The zero-order valence-corrected chi connectivity index (χ0v) is 13.1. The fraction of sp³-hybridized carbons (Fsp3) is 0.389. The molecular formula is C18H21FN2O2. The molecule has 122 valence electrons. The Hall–Kier alpha value is -2.14. The third-order valence-electron chi connectivity index (χ3n) is 4.08. The summed E-state index contributed by atoms with van der Waals surface area (Å²) in [6.45, 7) is 3.39. The van der Waals surface area contributed by atoms with Crippen LogP contribution in [0, 0.1) is 5.82 Å². The Bertz CT molecular complexity index is 661. The predicted octanol–water partition coefficient (Wildman–Crippen LogP) is 2.84. The lowest BCUT2D eigenvalue weighted by Crippen LogP contribution is -2.34. The minimum absolute atomic E-state index is 0.151. The summed E-state index contributed by atoms with van der Waals surface area (Å²) in [6.07, 6.45) is 1.95. The summed E-state index contributed by atoms with van der Waals surface area (Å²) in [6, 6.07) is 10.1. The van der Waals surface area contributed by atoms with E-state index in [2.05, 4.69) is 5.32 Å². The lowest BCUT2D eigenvalue weighted by molar-refractivity contribution is -0.131. The van der Waals surface area contributed by atoms with E-state index < -0.39 is 0 Å². The normalized spacial score (nSPS) is 15.4. The summed E-state index contributed by atoms with van der Waals surface area (Å²) in [5.41, 5.74) is 0.448. The Labute approximate surface area is 135 Å². The molecule has 0 atom stereocenters. The number of halogens is 1. The quantitative estimate of drug-likeness (QED) is 0.943. The summed E-state index contributed by atoms with van der Waals surface area (Å²) in [5, 5.41) is 3.28. The van der Waals surface area contributed by atoms with E-state index >= 15 is 0 Å². The number of carbonyl (C=O) groups excluding carboxylic acids is 1. The van der Waals surface area contributed by atoms with E-state index in [9.17, 15) is 9.18 Å². The maximum absolute atomic E-state index is 13.8. The van der Waals surface area contributed by atoms with Crippen molar-refractivity contribution in [1.82, 2.24) is 10.2 Å². The molecule has 2 heterocycles. The van der Waals surface area contributed by atoms with Crippen molar-refractivity contribution in [1.29, 1.82) is 0 Å². The summed E-state index contributed by atoms with van der Waals surface area (Å²) in [4.78, 5) is 14.2. The van der Waals surface area contributed by atoms with E-state index in [1.54, 1.807) is 24.3 Å². The monoisotopic (exact) mass is 316 g/mol. The van der Waals surface area contributed by atoms with Crippen molar-refractivity contribution < 1.29 is 13.6 Å². The van der Waals surface area contributed by atoms with Crippen LogP contribution in [-0.4, -0.2) is 37.0 Å². The van der Waals surface area contributed by atoms with Gasteiger partial charge in [0.25, 0.3) is 0 Å². The maximum Gasteiger partial charge on any atom is 0.223 e. The Morgan fingerprint density at radius 3 is 2.91 bits per heavy atom. The van der Waals surface area contributed by atoms with Crippen molar-refractivity contribution in [3.63, 3.8) is 0 Å². The van der Waals surface area contributed by atoms with Crippen LogP contribution in [0.2, 0.25) is 0 Å². The van der Waals surface area contributed by atoms with Crippen LogP contribution in [0.25, 0.3) is 11.3 Å². The van der Waals surface area contributed by atoms with Crippen LogP contribution in [0.3, 0.4) is 0 Å². The standard InChI is InChI=1S/C18H21FN2O2/c19-16-5-2-1-4-15(16)17-8-6-14(23-17)7-9-18(22)21-12-3-10-20-11-13-21/h1-2,4-6,8,20H,3,7,9-13H2. The summed E-state index contributed by atoms with van der Waals surface area (Å²) < 4.78 is 19.4. The van der Waals surface area contributed by atoms with Crippen LogP contribution in [0.15, 0.2) is 40.8 Å². The summed E-state index contributed by atoms with van der Waals surface area (Å²) in [7, 11) is 0. The molecule has 1 aliphatic rings. The van der Waals surface area contributed by atoms with E-state index in [0.717, 1.165) is 32.6 Å². The SMILES string of the molecule is O=C(CCc1ccc(-c2ccccc2F)o1)N1CCCNCC1. The number of nitrogens with one attached hydrogen (secondary N) is 1. The average Bonchev–Trinajstić information content (AvgIpc) is 2.86. The Morgan fingerprint density at radius 1 is 1.17 bits per heavy atom. The minimum atomic E-state index is -0.304. The molecule has 0 unspecified atom stereocenters. The second kappa shape index (κ2) is 7.42. The molecule has 4 nitrogen and oxygen atoms in total. The van der Waals surface area contributed by atoms with Gasteiger partial charge in [-0.05, 0) is 37.2 Å². The number of amides is 1. The number of hydrogen-bond acceptors (Lipinski definition) is 3. The lowest BCUT2D eigenvalue weighted by Gasteiger charge is -2.19. The van der Waals surface area contributed by atoms with Gasteiger partial charge in [-0.15, -0.1) is 0 Å². The molecule has 0 aliphatic carbocycles. The molecule has 2 aromatic rings. The van der Waals surface area contributed by atoms with Gasteiger partial charge in [0, 0.05) is 32.5 Å². The smallest absolute Gasteiger partial charge is 0.223 e. The molecule has 1 aliphatic heterocycles. The number of rotatable bonds is 4. The van der Waals surface area contributed by atoms with Crippen molar-refractivity contribution in [2.45, 2.75) is 19.3 Å². The second-order valence-corrected chi connectivity index (χ2v) is 5.73. The molecule has 1 N–H and O–H groups in total. The van der Waals surface area contributed by atoms with Gasteiger partial charge < -0.3 is 14.6 Å². The Morgan fingerprint density at radius 2 is 2.04 bits per heavy atom. The molecule has 1 saturated heterocycles. The van der Waals surface area contributed by atoms with Gasteiger partial charge >= 0.3 is 0 Å². The molecule has 0 radical (unpaired) electrons. The van der Waals surface area contributed by atoms with Gasteiger partial charge in [-0.25, -0.2) is 4.39 Å². The predicted molar refractivity (Wildman–Crippen MR) is 86.5 cm³/mol. The lowest BCUT2D eigenvalue weighted by atomic mass is 10.1. The Balaban J connectivity index is 1.59. The number of carbonyl (C=O) groups is 1. The highest BCUT2D eigenvalue weighted by Crippen LogP contribution is 2.25. The van der Waals surface area contributed by atoms with Gasteiger partial charge in [0.05, 0.1) is 5.56 Å². The second-order valence-electron chi connectivity index (χ2n) is 5.73. The number of furan rings is 1. The van der Waals surface area contributed by atoms with E-state index in [4.69, 9.17) is 4.42 Å². The largest absolute Gasteiger partial charge is 0.461 e. The highest BCUT2D eigenvalue weighted by Gasteiger charge is 2.16. The van der Waals surface area contributed by atoms with E-state index in [1.165, 1.54) is 6.07 Å². The van der Waals surface area contributed by atoms with Crippen LogP contribution in [0.4, 0.5) is 4.39 Å². The third-order valence-corrected chi connectivity index (χ3v) is 4.08. The molecule has 5 heteroatoms. The van der Waals surface area contributed by atoms with Gasteiger partial charge in [0.15, 0.2) is 0 Å². The third kappa shape index (κ3) is 3.99. The molecule has 1 amide bonds. The first-order valence-corrected chi connectivity index (χ1v) is 8.06. The highest BCUT2D eigenvalue weighted by atomic mass is 19.1. The zero-order valence-electron chi connectivity index (χ0n) is 13.1. The molecule has 3 rings (SSSR count). The fourth-order valence-corrected chi connectivity index (χ4v) is 2.80. The first-order valence-electron chi connectivity index (χ1n) is 8.06. The zero-order chi connectivity index (χ0) is 16.1. The fourth-order valence-electron chi connectivity index (χ4n) is 2.80. The average molecular weight is 316 g/mol. The van der Waals surface area contributed by atoms with Gasteiger partial charge in [0.1, 0.15) is 17.3 Å². The van der Waals surface area contributed by atoms with Crippen molar-refractivity contribution in [3.8, 4) is 11.3 Å². The van der Waals surface area contributed by atoms with Crippen LogP contribution >= 0.6 is 0 Å². The molecule has 0 spiro atoms. The van der Waals surface area contributed by atoms with Gasteiger partial charge in [-0.3, -0.25) is 4.79 Å². The van der Waals surface area contributed by atoms with E-state index in [1.807, 2.05) is 11.0 Å². The highest BCUT2D eigenvalue weighted by molar-refractivity contribution is 5.76. The topological polar surface area (TPSA) is 45.5 Å². The van der Waals surface area contributed by atoms with Crippen LogP contribution < -0.4 is 5.32 Å². The molecule has 1 fully saturated rings. The van der Waals surface area contributed by atoms with Crippen molar-refractivity contribution >= 4 is 5.91 Å². The summed E-state index contributed by atoms with van der Waals surface area (Å²) >= 11 is 0. The van der Waals surface area contributed by atoms with E-state index in [0.29, 0.717) is 29.9 Å². The number of hydrogen-bond donors (Lipinski definition) is 1. The van der Waals surface area contributed by atoms with Crippen LogP contribution in [-0.2, 0) is 11.2 Å². The van der Waals surface area contributed by atoms with Gasteiger partial charge in [0.2, 0.25) is 5.91 Å².